The molecule has 2 aromatic carbocycles. The van der Waals surface area contributed by atoms with Crippen LogP contribution in [0.15, 0.2) is 60.9 Å². The zero-order valence-electron chi connectivity index (χ0n) is 11.3. The largest absolute Gasteiger partial charge is 0.322 e. The molecule has 0 aliphatic heterocycles. The van der Waals surface area contributed by atoms with Gasteiger partial charge in [0.2, 0.25) is 0 Å². The van der Waals surface area contributed by atoms with Crippen molar-refractivity contribution >= 4 is 23.2 Å². The molecule has 4 nitrogen and oxygen atoms in total. The summed E-state index contributed by atoms with van der Waals surface area (Å²) < 4.78 is 15.2. The predicted octanol–water partition coefficient (Wildman–Crippen LogP) is 3.92. The number of carbonyl (C=O) groups is 1. The van der Waals surface area contributed by atoms with Crippen LogP contribution in [0.4, 0.5) is 10.1 Å². The van der Waals surface area contributed by atoms with Crippen molar-refractivity contribution in [2.24, 2.45) is 0 Å². The molecule has 0 saturated heterocycles. The van der Waals surface area contributed by atoms with Gasteiger partial charge in [0.05, 0.1) is 22.5 Å². The van der Waals surface area contributed by atoms with E-state index < -0.39 is 11.7 Å². The van der Waals surface area contributed by atoms with Gasteiger partial charge < -0.3 is 5.32 Å². The first-order chi connectivity index (χ1) is 10.6. The Kier molecular flexibility index (Phi) is 3.89. The average molecular weight is 316 g/mol. The first kappa shape index (κ1) is 14.3. The smallest absolute Gasteiger partial charge is 0.258 e. The topological polar surface area (TPSA) is 46.9 Å². The van der Waals surface area contributed by atoms with Crippen LogP contribution in [-0.2, 0) is 0 Å². The molecule has 0 aliphatic rings. The minimum Gasteiger partial charge on any atom is -0.322 e. The highest BCUT2D eigenvalue weighted by molar-refractivity contribution is 6.30. The molecular weight excluding hydrogens is 305 g/mol. The highest BCUT2D eigenvalue weighted by Gasteiger charge is 2.10. The molecule has 0 fully saturated rings. The number of carbonyl (C=O) groups excluding carboxylic acids is 1. The molecule has 22 heavy (non-hydrogen) atoms. The number of aromatic nitrogens is 2. The quantitative estimate of drug-likeness (QED) is 0.796. The second-order valence-corrected chi connectivity index (χ2v) is 5.02. The Labute approximate surface area is 131 Å². The first-order valence-corrected chi connectivity index (χ1v) is 6.88. The Morgan fingerprint density at radius 1 is 1.14 bits per heavy atom. The van der Waals surface area contributed by atoms with E-state index in [1.54, 1.807) is 41.2 Å². The van der Waals surface area contributed by atoms with E-state index in [0.29, 0.717) is 10.7 Å². The van der Waals surface area contributed by atoms with Gasteiger partial charge in [-0.2, -0.15) is 5.10 Å². The molecule has 0 bridgehead atoms. The van der Waals surface area contributed by atoms with Crippen LogP contribution in [0, 0.1) is 5.82 Å². The van der Waals surface area contributed by atoms with Gasteiger partial charge in [-0.05, 0) is 36.4 Å². The molecule has 6 heteroatoms. The van der Waals surface area contributed by atoms with Gasteiger partial charge in [0.25, 0.3) is 5.91 Å². The van der Waals surface area contributed by atoms with E-state index >= 15 is 0 Å². The van der Waals surface area contributed by atoms with Crippen molar-refractivity contribution in [1.82, 2.24) is 9.78 Å². The number of hydrogen-bond donors (Lipinski definition) is 1. The summed E-state index contributed by atoms with van der Waals surface area (Å²) in [6, 6.07) is 12.8. The van der Waals surface area contributed by atoms with Crippen LogP contribution in [0.1, 0.15) is 10.4 Å². The minimum absolute atomic E-state index is 0.00503. The number of rotatable bonds is 3. The van der Waals surface area contributed by atoms with Gasteiger partial charge in [0.15, 0.2) is 0 Å². The van der Waals surface area contributed by atoms with Crippen molar-refractivity contribution < 1.29 is 9.18 Å². The molecule has 0 unspecified atom stereocenters. The third kappa shape index (κ3) is 2.99. The summed E-state index contributed by atoms with van der Waals surface area (Å²) in [7, 11) is 0. The predicted molar refractivity (Wildman–Crippen MR) is 82.9 cm³/mol. The fraction of sp³-hybridized carbons (Fsp3) is 0. The molecule has 1 N–H and O–H groups in total. The zero-order valence-corrected chi connectivity index (χ0v) is 12.1. The summed E-state index contributed by atoms with van der Waals surface area (Å²) in [4.78, 5) is 12.0. The van der Waals surface area contributed by atoms with Gasteiger partial charge in [-0.25, -0.2) is 9.07 Å². The van der Waals surface area contributed by atoms with E-state index in [0.717, 1.165) is 5.69 Å². The van der Waals surface area contributed by atoms with E-state index in [-0.39, 0.29) is 5.56 Å². The number of benzene rings is 2. The van der Waals surface area contributed by atoms with Crippen LogP contribution in [-0.4, -0.2) is 15.7 Å². The van der Waals surface area contributed by atoms with Gasteiger partial charge in [0, 0.05) is 11.9 Å². The van der Waals surface area contributed by atoms with Crippen LogP contribution in [0.3, 0.4) is 0 Å². The van der Waals surface area contributed by atoms with E-state index in [1.165, 1.54) is 24.4 Å². The van der Waals surface area contributed by atoms with Crippen molar-refractivity contribution in [2.75, 3.05) is 5.32 Å². The zero-order chi connectivity index (χ0) is 15.5. The van der Waals surface area contributed by atoms with E-state index in [1.807, 2.05) is 0 Å². The molecule has 0 atom stereocenters. The van der Waals surface area contributed by atoms with Crippen molar-refractivity contribution in [2.45, 2.75) is 0 Å². The fourth-order valence-corrected chi connectivity index (χ4v) is 2.12. The highest BCUT2D eigenvalue weighted by atomic mass is 35.5. The van der Waals surface area contributed by atoms with Crippen molar-refractivity contribution in [1.29, 1.82) is 0 Å². The normalized spacial score (nSPS) is 10.5. The molecule has 1 amide bonds. The third-order valence-corrected chi connectivity index (χ3v) is 3.25. The maximum Gasteiger partial charge on any atom is 0.258 e. The Morgan fingerprint density at radius 3 is 2.50 bits per heavy atom. The van der Waals surface area contributed by atoms with Gasteiger partial charge in [-0.15, -0.1) is 0 Å². The van der Waals surface area contributed by atoms with Gasteiger partial charge in [0.1, 0.15) is 5.82 Å². The molecule has 3 aromatic rings. The first-order valence-electron chi connectivity index (χ1n) is 6.50. The molecule has 3 rings (SSSR count). The lowest BCUT2D eigenvalue weighted by Gasteiger charge is -2.07. The van der Waals surface area contributed by atoms with Crippen molar-refractivity contribution in [3.05, 3.63) is 77.3 Å². The molecule has 1 aromatic heterocycles. The van der Waals surface area contributed by atoms with Crippen molar-refractivity contribution in [3.8, 4) is 5.69 Å². The SMILES string of the molecule is O=C(Nc1ccc(-n2cc(Cl)cn2)cc1)c1ccccc1F. The maximum absolute atomic E-state index is 13.5. The van der Waals surface area contributed by atoms with Gasteiger partial charge >= 0.3 is 0 Å². The molecule has 0 radical (unpaired) electrons. The molecule has 0 saturated carbocycles. The number of amides is 1. The minimum atomic E-state index is -0.553. The summed E-state index contributed by atoms with van der Waals surface area (Å²) in [6.45, 7) is 0. The number of hydrogen-bond acceptors (Lipinski definition) is 2. The Hall–Kier alpha value is -2.66. The summed E-state index contributed by atoms with van der Waals surface area (Å²) >= 11 is 5.82. The van der Waals surface area contributed by atoms with E-state index in [9.17, 15) is 9.18 Å². The summed E-state index contributed by atoms with van der Waals surface area (Å²) in [5.74, 6) is -1.05. The molecular formula is C16H11ClFN3O. The third-order valence-electron chi connectivity index (χ3n) is 3.06. The van der Waals surface area contributed by atoms with Gasteiger partial charge in [-0.3, -0.25) is 4.79 Å². The number of nitrogens with one attached hydrogen (secondary N) is 1. The summed E-state index contributed by atoms with van der Waals surface area (Å²) in [6.07, 6.45) is 3.21. The Balaban J connectivity index is 1.76. The van der Waals surface area contributed by atoms with Crippen LogP contribution in [0.25, 0.3) is 5.69 Å². The summed E-state index contributed by atoms with van der Waals surface area (Å²) in [5, 5.41) is 7.27. The fourth-order valence-electron chi connectivity index (χ4n) is 1.98. The monoisotopic (exact) mass is 315 g/mol. The second kappa shape index (κ2) is 5.99. The Bertz CT molecular complexity index is 814. The standard InChI is InChI=1S/C16H11ClFN3O/c17-11-9-19-21(10-11)13-7-5-12(6-8-13)20-16(22)14-3-1-2-4-15(14)18/h1-10H,(H,20,22). The molecule has 0 spiro atoms. The number of anilines is 1. The molecule has 0 aliphatic carbocycles. The summed E-state index contributed by atoms with van der Waals surface area (Å²) in [5.41, 5.74) is 1.37. The van der Waals surface area contributed by atoms with Gasteiger partial charge in [-0.1, -0.05) is 23.7 Å². The lowest BCUT2D eigenvalue weighted by Crippen LogP contribution is -2.13. The number of halogens is 2. The van der Waals surface area contributed by atoms with Crippen LogP contribution >= 0.6 is 11.6 Å². The highest BCUT2D eigenvalue weighted by Crippen LogP contribution is 2.16. The molecule has 110 valence electrons. The van der Waals surface area contributed by atoms with Crippen LogP contribution < -0.4 is 5.32 Å². The van der Waals surface area contributed by atoms with E-state index in [2.05, 4.69) is 10.4 Å². The van der Waals surface area contributed by atoms with E-state index in [4.69, 9.17) is 11.6 Å². The lowest BCUT2D eigenvalue weighted by atomic mass is 10.2. The van der Waals surface area contributed by atoms with Crippen LogP contribution in [0.2, 0.25) is 5.02 Å². The average Bonchev–Trinajstić information content (AvgIpc) is 2.95. The second-order valence-electron chi connectivity index (χ2n) is 4.58. The molecule has 1 heterocycles. The maximum atomic E-state index is 13.5. The lowest BCUT2D eigenvalue weighted by molar-refractivity contribution is 0.102. The number of nitrogens with zero attached hydrogens (tertiary/aromatic N) is 2. The Morgan fingerprint density at radius 2 is 1.86 bits per heavy atom. The van der Waals surface area contributed by atoms with Crippen molar-refractivity contribution in [3.63, 3.8) is 0 Å². The van der Waals surface area contributed by atoms with Crippen LogP contribution in [0.5, 0.6) is 0 Å².